The average Bonchev–Trinajstić information content (AvgIpc) is 2.58. The first kappa shape index (κ1) is 19.0. The molecule has 0 spiro atoms. The quantitative estimate of drug-likeness (QED) is 0.596. The van der Waals surface area contributed by atoms with Crippen molar-refractivity contribution in [3.05, 3.63) is 69.7 Å². The number of benzene rings is 2. The number of anilines is 1. The van der Waals surface area contributed by atoms with Crippen molar-refractivity contribution in [3.8, 4) is 0 Å². The van der Waals surface area contributed by atoms with Gasteiger partial charge in [-0.2, -0.15) is 0 Å². The zero-order valence-corrected chi connectivity index (χ0v) is 15.3. The van der Waals surface area contributed by atoms with E-state index in [1.54, 1.807) is 36.4 Å². The Morgan fingerprint density at radius 2 is 1.84 bits per heavy atom. The molecular formula is C19H17Cl2NO3. The third-order valence-electron chi connectivity index (χ3n) is 3.40. The molecule has 0 bridgehead atoms. The number of carbonyl (C=O) groups excluding carboxylic acids is 2. The van der Waals surface area contributed by atoms with Crippen LogP contribution in [0.5, 0.6) is 0 Å². The van der Waals surface area contributed by atoms with Gasteiger partial charge >= 0.3 is 5.97 Å². The number of rotatable bonds is 5. The molecule has 0 heterocycles. The predicted molar refractivity (Wildman–Crippen MR) is 101 cm³/mol. The fraction of sp³-hybridized carbons (Fsp3) is 0.158. The van der Waals surface area contributed by atoms with Gasteiger partial charge in [-0.05, 0) is 49.2 Å². The standard InChI is InChI=1S/C19H17Cl2NO3/c1-12-7-8-14(11-16(12)21)9-10-18(23)25-13(2)19(24)22-17-6-4-3-5-15(17)20/h3-11,13H,1-2H3,(H,22,24)/b10-9+/t13-/m0/s1. The van der Waals surface area contributed by atoms with Gasteiger partial charge in [0.15, 0.2) is 6.10 Å². The summed E-state index contributed by atoms with van der Waals surface area (Å²) in [5, 5.41) is 3.63. The number of nitrogens with one attached hydrogen (secondary N) is 1. The fourth-order valence-corrected chi connectivity index (χ4v) is 2.31. The van der Waals surface area contributed by atoms with Gasteiger partial charge in [0, 0.05) is 11.1 Å². The molecule has 0 aliphatic carbocycles. The summed E-state index contributed by atoms with van der Waals surface area (Å²) in [6, 6.07) is 12.2. The van der Waals surface area contributed by atoms with Gasteiger partial charge < -0.3 is 10.1 Å². The van der Waals surface area contributed by atoms with Crippen LogP contribution in [0.25, 0.3) is 6.08 Å². The second kappa shape index (κ2) is 8.70. The highest BCUT2D eigenvalue weighted by atomic mass is 35.5. The Labute approximate surface area is 156 Å². The highest BCUT2D eigenvalue weighted by Gasteiger charge is 2.17. The lowest BCUT2D eigenvalue weighted by atomic mass is 10.1. The van der Waals surface area contributed by atoms with E-state index < -0.39 is 18.0 Å². The Morgan fingerprint density at radius 3 is 2.52 bits per heavy atom. The SMILES string of the molecule is Cc1ccc(/C=C/C(=O)O[C@@H](C)C(=O)Nc2ccccc2Cl)cc1Cl. The number of ether oxygens (including phenoxy) is 1. The van der Waals surface area contributed by atoms with Gasteiger partial charge in [0.2, 0.25) is 0 Å². The van der Waals surface area contributed by atoms with Crippen molar-refractivity contribution in [1.29, 1.82) is 0 Å². The Bertz CT molecular complexity index is 818. The predicted octanol–water partition coefficient (Wildman–Crippen LogP) is 4.89. The molecule has 0 aliphatic heterocycles. The molecule has 0 radical (unpaired) electrons. The van der Waals surface area contributed by atoms with Crippen molar-refractivity contribution in [2.75, 3.05) is 5.32 Å². The first-order chi connectivity index (χ1) is 11.9. The van der Waals surface area contributed by atoms with Crippen LogP contribution in [0.4, 0.5) is 5.69 Å². The lowest BCUT2D eigenvalue weighted by molar-refractivity contribution is -0.148. The van der Waals surface area contributed by atoms with E-state index in [-0.39, 0.29) is 0 Å². The topological polar surface area (TPSA) is 55.4 Å². The summed E-state index contributed by atoms with van der Waals surface area (Å²) in [6.07, 6.45) is 1.86. The number of para-hydroxylation sites is 1. The zero-order chi connectivity index (χ0) is 18.4. The van der Waals surface area contributed by atoms with Crippen LogP contribution in [0.2, 0.25) is 10.0 Å². The molecule has 1 atom stereocenters. The first-order valence-corrected chi connectivity index (χ1v) is 8.32. The summed E-state index contributed by atoms with van der Waals surface area (Å²) in [6.45, 7) is 3.38. The van der Waals surface area contributed by atoms with Crippen LogP contribution in [0.1, 0.15) is 18.1 Å². The van der Waals surface area contributed by atoms with Crippen LogP contribution in [-0.2, 0) is 14.3 Å². The van der Waals surface area contributed by atoms with E-state index in [1.165, 1.54) is 13.0 Å². The summed E-state index contributed by atoms with van der Waals surface area (Å²) < 4.78 is 5.09. The van der Waals surface area contributed by atoms with Gasteiger partial charge in [-0.3, -0.25) is 4.79 Å². The number of halogens is 2. The maximum atomic E-state index is 12.1. The Balaban J connectivity index is 1.92. The minimum absolute atomic E-state index is 0.408. The molecule has 6 heteroatoms. The Hall–Kier alpha value is -2.30. The first-order valence-electron chi connectivity index (χ1n) is 7.57. The average molecular weight is 378 g/mol. The highest BCUT2D eigenvalue weighted by molar-refractivity contribution is 6.33. The van der Waals surface area contributed by atoms with Crippen LogP contribution >= 0.6 is 23.2 Å². The lowest BCUT2D eigenvalue weighted by Gasteiger charge is -2.13. The molecule has 0 aromatic heterocycles. The Morgan fingerprint density at radius 1 is 1.12 bits per heavy atom. The number of amides is 1. The molecule has 25 heavy (non-hydrogen) atoms. The highest BCUT2D eigenvalue weighted by Crippen LogP contribution is 2.21. The van der Waals surface area contributed by atoms with Crippen molar-refractivity contribution in [2.45, 2.75) is 20.0 Å². The molecular weight excluding hydrogens is 361 g/mol. The van der Waals surface area contributed by atoms with Gasteiger partial charge in [0.05, 0.1) is 10.7 Å². The molecule has 0 unspecified atom stereocenters. The molecule has 1 amide bonds. The summed E-state index contributed by atoms with van der Waals surface area (Å²) in [5.74, 6) is -1.09. The summed E-state index contributed by atoms with van der Waals surface area (Å²) in [7, 11) is 0. The van der Waals surface area contributed by atoms with E-state index in [0.29, 0.717) is 15.7 Å². The normalized spacial score (nSPS) is 12.0. The van der Waals surface area contributed by atoms with Gasteiger partial charge in [0.1, 0.15) is 0 Å². The van der Waals surface area contributed by atoms with Crippen molar-refractivity contribution < 1.29 is 14.3 Å². The van der Waals surface area contributed by atoms with E-state index in [0.717, 1.165) is 11.1 Å². The maximum absolute atomic E-state index is 12.1. The van der Waals surface area contributed by atoms with Crippen LogP contribution in [-0.4, -0.2) is 18.0 Å². The van der Waals surface area contributed by atoms with Gasteiger partial charge in [-0.15, -0.1) is 0 Å². The summed E-state index contributed by atoms with van der Waals surface area (Å²) >= 11 is 12.0. The van der Waals surface area contributed by atoms with E-state index in [4.69, 9.17) is 27.9 Å². The number of esters is 1. The summed E-state index contributed by atoms with van der Waals surface area (Å²) in [5.41, 5.74) is 2.17. The minimum atomic E-state index is -0.963. The van der Waals surface area contributed by atoms with Crippen LogP contribution in [0.15, 0.2) is 48.5 Å². The van der Waals surface area contributed by atoms with Crippen LogP contribution in [0, 0.1) is 6.92 Å². The Kier molecular flexibility index (Phi) is 6.62. The third kappa shape index (κ3) is 5.62. The number of carbonyl (C=O) groups is 2. The number of aryl methyl sites for hydroxylation is 1. The molecule has 2 aromatic rings. The van der Waals surface area contributed by atoms with E-state index in [2.05, 4.69) is 5.32 Å². The van der Waals surface area contributed by atoms with Crippen molar-refractivity contribution in [2.24, 2.45) is 0 Å². The molecule has 0 saturated heterocycles. The van der Waals surface area contributed by atoms with Crippen LogP contribution < -0.4 is 5.32 Å². The molecule has 130 valence electrons. The van der Waals surface area contributed by atoms with Crippen molar-refractivity contribution >= 4 is 46.8 Å². The van der Waals surface area contributed by atoms with E-state index in [1.807, 2.05) is 19.1 Å². The minimum Gasteiger partial charge on any atom is -0.449 e. The molecule has 0 fully saturated rings. The molecule has 2 aromatic carbocycles. The van der Waals surface area contributed by atoms with Crippen molar-refractivity contribution in [1.82, 2.24) is 0 Å². The molecule has 0 aliphatic rings. The van der Waals surface area contributed by atoms with E-state index >= 15 is 0 Å². The monoisotopic (exact) mass is 377 g/mol. The maximum Gasteiger partial charge on any atom is 0.331 e. The number of hydrogen-bond donors (Lipinski definition) is 1. The van der Waals surface area contributed by atoms with Gasteiger partial charge in [-0.1, -0.05) is 47.5 Å². The summed E-state index contributed by atoms with van der Waals surface area (Å²) in [4.78, 5) is 23.9. The molecule has 2 rings (SSSR count). The number of hydrogen-bond acceptors (Lipinski definition) is 3. The lowest BCUT2D eigenvalue weighted by Crippen LogP contribution is -2.29. The molecule has 4 nitrogen and oxygen atoms in total. The van der Waals surface area contributed by atoms with Crippen molar-refractivity contribution in [3.63, 3.8) is 0 Å². The fourth-order valence-electron chi connectivity index (χ4n) is 1.94. The van der Waals surface area contributed by atoms with Gasteiger partial charge in [0.25, 0.3) is 5.91 Å². The second-order valence-electron chi connectivity index (χ2n) is 5.39. The third-order valence-corrected chi connectivity index (χ3v) is 4.14. The molecule has 1 N–H and O–H groups in total. The molecule has 0 saturated carbocycles. The van der Waals surface area contributed by atoms with Crippen LogP contribution in [0.3, 0.4) is 0 Å². The zero-order valence-electron chi connectivity index (χ0n) is 13.8. The van der Waals surface area contributed by atoms with E-state index in [9.17, 15) is 9.59 Å². The second-order valence-corrected chi connectivity index (χ2v) is 6.20. The van der Waals surface area contributed by atoms with Gasteiger partial charge in [-0.25, -0.2) is 4.79 Å². The smallest absolute Gasteiger partial charge is 0.331 e. The largest absolute Gasteiger partial charge is 0.449 e.